The number of nitrogens with one attached hydrogen (secondary N) is 1. The summed E-state index contributed by atoms with van der Waals surface area (Å²) in [6, 6.07) is 5.79. The van der Waals surface area contributed by atoms with Gasteiger partial charge >= 0.3 is 0 Å². The standard InChI is InChI=1S/C15H17N3O3S/c1-21-11-4-2-3-9(7-12-14(19)17-15(20)22-12)13(11)18-6-5-10(16)8-18/h2-4,7,10H,5-6,8,16H2,1H3,(H,17,19,20)/b12-7-/t10-/m0/s1. The Balaban J connectivity index is 2.02. The van der Waals surface area contributed by atoms with Crippen molar-refractivity contribution in [1.29, 1.82) is 0 Å². The van der Waals surface area contributed by atoms with Crippen molar-refractivity contribution >= 4 is 34.7 Å². The van der Waals surface area contributed by atoms with Crippen molar-refractivity contribution in [2.45, 2.75) is 12.5 Å². The van der Waals surface area contributed by atoms with E-state index in [2.05, 4.69) is 10.2 Å². The van der Waals surface area contributed by atoms with Gasteiger partial charge in [-0.25, -0.2) is 0 Å². The molecule has 0 unspecified atom stereocenters. The second kappa shape index (κ2) is 6.02. The van der Waals surface area contributed by atoms with Gasteiger partial charge in [-0.2, -0.15) is 0 Å². The number of ether oxygens (including phenoxy) is 1. The van der Waals surface area contributed by atoms with Crippen molar-refractivity contribution in [3.8, 4) is 5.75 Å². The summed E-state index contributed by atoms with van der Waals surface area (Å²) in [6.45, 7) is 1.59. The lowest BCUT2D eigenvalue weighted by Gasteiger charge is -2.23. The Morgan fingerprint density at radius 3 is 2.86 bits per heavy atom. The Bertz CT molecular complexity index is 659. The smallest absolute Gasteiger partial charge is 0.290 e. The molecule has 0 saturated carbocycles. The molecule has 2 aliphatic rings. The maximum atomic E-state index is 11.7. The predicted octanol–water partition coefficient (Wildman–Crippen LogP) is 1.56. The molecule has 1 aromatic rings. The van der Waals surface area contributed by atoms with Crippen LogP contribution in [0, 0.1) is 0 Å². The molecule has 2 amide bonds. The van der Waals surface area contributed by atoms with Crippen molar-refractivity contribution in [3.05, 3.63) is 28.7 Å². The molecule has 0 aliphatic carbocycles. The van der Waals surface area contributed by atoms with Crippen LogP contribution in [0.25, 0.3) is 6.08 Å². The van der Waals surface area contributed by atoms with Crippen LogP contribution in [0.15, 0.2) is 23.1 Å². The molecule has 22 heavy (non-hydrogen) atoms. The molecule has 3 N–H and O–H groups in total. The van der Waals surface area contributed by atoms with Gasteiger partial charge in [-0.3, -0.25) is 14.9 Å². The van der Waals surface area contributed by atoms with Crippen LogP contribution in [0.4, 0.5) is 10.5 Å². The number of hydrogen-bond acceptors (Lipinski definition) is 6. The highest BCUT2D eigenvalue weighted by molar-refractivity contribution is 8.18. The van der Waals surface area contributed by atoms with Crippen LogP contribution in [-0.2, 0) is 4.79 Å². The predicted molar refractivity (Wildman–Crippen MR) is 86.9 cm³/mol. The van der Waals surface area contributed by atoms with Gasteiger partial charge in [-0.15, -0.1) is 0 Å². The van der Waals surface area contributed by atoms with E-state index in [4.69, 9.17) is 10.5 Å². The molecule has 2 fully saturated rings. The highest BCUT2D eigenvalue weighted by atomic mass is 32.2. The van der Waals surface area contributed by atoms with E-state index in [1.165, 1.54) is 0 Å². The van der Waals surface area contributed by atoms with E-state index in [0.717, 1.165) is 48.3 Å². The molecule has 3 rings (SSSR count). The van der Waals surface area contributed by atoms with Crippen molar-refractivity contribution in [3.63, 3.8) is 0 Å². The molecular formula is C15H17N3O3S. The van der Waals surface area contributed by atoms with Gasteiger partial charge in [-0.05, 0) is 30.3 Å². The summed E-state index contributed by atoms with van der Waals surface area (Å²) in [6.07, 6.45) is 2.65. The quantitative estimate of drug-likeness (QED) is 0.823. The number of anilines is 1. The number of amides is 2. The molecule has 0 bridgehead atoms. The van der Waals surface area contributed by atoms with Gasteiger partial charge in [0.25, 0.3) is 11.1 Å². The second-order valence-corrected chi connectivity index (χ2v) is 6.26. The molecule has 0 aromatic heterocycles. The maximum absolute atomic E-state index is 11.7. The first-order valence-electron chi connectivity index (χ1n) is 7.01. The molecule has 1 aromatic carbocycles. The minimum atomic E-state index is -0.359. The Morgan fingerprint density at radius 1 is 1.45 bits per heavy atom. The highest BCUT2D eigenvalue weighted by Crippen LogP contribution is 2.37. The Hall–Kier alpha value is -1.99. The molecule has 2 heterocycles. The van der Waals surface area contributed by atoms with Gasteiger partial charge in [0.05, 0.1) is 17.7 Å². The van der Waals surface area contributed by atoms with Crippen molar-refractivity contribution in [1.82, 2.24) is 5.32 Å². The van der Waals surface area contributed by atoms with E-state index in [9.17, 15) is 9.59 Å². The first kappa shape index (κ1) is 14.9. The zero-order valence-corrected chi connectivity index (χ0v) is 13.0. The summed E-state index contributed by atoms with van der Waals surface area (Å²) in [5.41, 5.74) is 7.76. The van der Waals surface area contributed by atoms with E-state index in [0.29, 0.717) is 4.91 Å². The number of rotatable bonds is 3. The molecule has 2 saturated heterocycles. The number of thioether (sulfide) groups is 1. The second-order valence-electron chi connectivity index (χ2n) is 5.25. The number of imide groups is 1. The fraction of sp³-hybridized carbons (Fsp3) is 0.333. The van der Waals surface area contributed by atoms with Gasteiger partial charge in [0.2, 0.25) is 0 Å². The molecule has 2 aliphatic heterocycles. The van der Waals surface area contributed by atoms with Crippen molar-refractivity contribution in [2.75, 3.05) is 25.1 Å². The van der Waals surface area contributed by atoms with E-state index < -0.39 is 0 Å². The van der Waals surface area contributed by atoms with Crippen LogP contribution >= 0.6 is 11.8 Å². The first-order chi connectivity index (χ1) is 10.6. The first-order valence-corrected chi connectivity index (χ1v) is 7.82. The number of hydrogen-bond donors (Lipinski definition) is 2. The third kappa shape index (κ3) is 2.82. The SMILES string of the molecule is COc1cccc(/C=C2\SC(=O)NC2=O)c1N1CC[C@H](N)C1. The lowest BCUT2D eigenvalue weighted by Crippen LogP contribution is -2.27. The number of para-hydroxylation sites is 1. The van der Waals surface area contributed by atoms with Gasteiger partial charge in [0, 0.05) is 24.7 Å². The maximum Gasteiger partial charge on any atom is 0.290 e. The molecular weight excluding hydrogens is 302 g/mol. The number of nitrogens with two attached hydrogens (primary N) is 1. The van der Waals surface area contributed by atoms with E-state index in [-0.39, 0.29) is 17.2 Å². The van der Waals surface area contributed by atoms with Crippen LogP contribution < -0.4 is 20.7 Å². The zero-order valence-electron chi connectivity index (χ0n) is 12.2. The van der Waals surface area contributed by atoms with Gasteiger partial charge in [-0.1, -0.05) is 12.1 Å². The third-order valence-electron chi connectivity index (χ3n) is 3.72. The minimum Gasteiger partial charge on any atom is -0.495 e. The Morgan fingerprint density at radius 2 is 2.27 bits per heavy atom. The van der Waals surface area contributed by atoms with Crippen LogP contribution in [0.3, 0.4) is 0 Å². The fourth-order valence-electron chi connectivity index (χ4n) is 2.71. The number of benzene rings is 1. The number of methoxy groups -OCH3 is 1. The minimum absolute atomic E-state index is 0.135. The summed E-state index contributed by atoms with van der Waals surface area (Å²) in [4.78, 5) is 25.6. The summed E-state index contributed by atoms with van der Waals surface area (Å²) in [5.74, 6) is 0.375. The molecule has 0 radical (unpaired) electrons. The molecule has 116 valence electrons. The number of carbonyl (C=O) groups is 2. The van der Waals surface area contributed by atoms with Crippen LogP contribution in [0.5, 0.6) is 5.75 Å². The van der Waals surface area contributed by atoms with Crippen molar-refractivity contribution in [2.24, 2.45) is 5.73 Å². The largest absolute Gasteiger partial charge is 0.495 e. The molecule has 7 heteroatoms. The molecule has 1 atom stereocenters. The zero-order chi connectivity index (χ0) is 15.7. The Kier molecular flexibility index (Phi) is 4.08. The van der Waals surface area contributed by atoms with E-state index in [1.54, 1.807) is 13.2 Å². The van der Waals surface area contributed by atoms with Gasteiger partial charge in [0.15, 0.2) is 0 Å². The summed E-state index contributed by atoms with van der Waals surface area (Å²) >= 11 is 0.911. The van der Waals surface area contributed by atoms with E-state index in [1.807, 2.05) is 18.2 Å². The average Bonchev–Trinajstić information content (AvgIpc) is 3.04. The molecule has 6 nitrogen and oxygen atoms in total. The fourth-order valence-corrected chi connectivity index (χ4v) is 3.38. The topological polar surface area (TPSA) is 84.7 Å². The van der Waals surface area contributed by atoms with Crippen LogP contribution in [-0.4, -0.2) is 37.4 Å². The molecule has 0 spiro atoms. The number of nitrogens with zero attached hydrogens (tertiary/aromatic N) is 1. The summed E-state index contributed by atoms with van der Waals surface area (Å²) < 4.78 is 5.46. The monoisotopic (exact) mass is 319 g/mol. The lowest BCUT2D eigenvalue weighted by molar-refractivity contribution is -0.115. The third-order valence-corrected chi connectivity index (χ3v) is 4.53. The summed E-state index contributed by atoms with van der Waals surface area (Å²) in [7, 11) is 1.62. The number of carbonyl (C=O) groups excluding carboxylic acids is 2. The van der Waals surface area contributed by atoms with E-state index >= 15 is 0 Å². The normalized spacial score (nSPS) is 23.3. The van der Waals surface area contributed by atoms with Gasteiger partial charge < -0.3 is 15.4 Å². The average molecular weight is 319 g/mol. The van der Waals surface area contributed by atoms with Crippen LogP contribution in [0.2, 0.25) is 0 Å². The summed E-state index contributed by atoms with van der Waals surface area (Å²) in [5, 5.41) is 1.92. The van der Waals surface area contributed by atoms with Crippen LogP contribution in [0.1, 0.15) is 12.0 Å². The highest BCUT2D eigenvalue weighted by Gasteiger charge is 2.27. The lowest BCUT2D eigenvalue weighted by atomic mass is 10.1. The van der Waals surface area contributed by atoms with Gasteiger partial charge in [0.1, 0.15) is 5.75 Å². The Labute approximate surface area is 132 Å². The van der Waals surface area contributed by atoms with Crippen molar-refractivity contribution < 1.29 is 14.3 Å².